The Labute approximate surface area is 97.9 Å². The van der Waals surface area contributed by atoms with Gasteiger partial charge in [-0.3, -0.25) is 4.79 Å². The van der Waals surface area contributed by atoms with Crippen molar-refractivity contribution < 1.29 is 9.90 Å². The number of nitrogens with zero attached hydrogens (tertiary/aromatic N) is 1. The summed E-state index contributed by atoms with van der Waals surface area (Å²) in [6, 6.07) is 9.65. The maximum absolute atomic E-state index is 11.8. The summed E-state index contributed by atoms with van der Waals surface area (Å²) in [6.07, 6.45) is 1.51. The Bertz CT molecular complexity index is 555. The average Bonchev–Trinajstić information content (AvgIpc) is 2.32. The maximum atomic E-state index is 11.8. The van der Waals surface area contributed by atoms with Crippen LogP contribution in [0.3, 0.4) is 0 Å². The van der Waals surface area contributed by atoms with Crippen LogP contribution in [0.15, 0.2) is 42.6 Å². The summed E-state index contributed by atoms with van der Waals surface area (Å²) in [7, 11) is 0. The van der Waals surface area contributed by atoms with E-state index >= 15 is 0 Å². The van der Waals surface area contributed by atoms with E-state index in [4.69, 9.17) is 5.73 Å². The molecule has 5 heteroatoms. The smallest absolute Gasteiger partial charge is 0.259 e. The van der Waals surface area contributed by atoms with E-state index in [1.165, 1.54) is 12.3 Å². The Morgan fingerprint density at radius 1 is 1.24 bits per heavy atom. The zero-order valence-corrected chi connectivity index (χ0v) is 8.92. The molecule has 5 nitrogen and oxygen atoms in total. The summed E-state index contributed by atoms with van der Waals surface area (Å²) in [5, 5.41) is 12.1. The SMILES string of the molecule is Nc1ncccc1C(=O)Nc1ccccc1O. The molecule has 1 heterocycles. The van der Waals surface area contributed by atoms with E-state index in [2.05, 4.69) is 10.3 Å². The number of amides is 1. The summed E-state index contributed by atoms with van der Waals surface area (Å²) in [6.45, 7) is 0. The van der Waals surface area contributed by atoms with Crippen LogP contribution in [0.5, 0.6) is 5.75 Å². The number of pyridine rings is 1. The lowest BCUT2D eigenvalue weighted by Crippen LogP contribution is -2.14. The molecular formula is C12H11N3O2. The van der Waals surface area contributed by atoms with Crippen LogP contribution in [0.4, 0.5) is 11.5 Å². The summed E-state index contributed by atoms with van der Waals surface area (Å²) < 4.78 is 0. The number of nitrogen functional groups attached to an aromatic ring is 1. The molecule has 2 rings (SSSR count). The van der Waals surface area contributed by atoms with Crippen molar-refractivity contribution in [1.82, 2.24) is 4.98 Å². The van der Waals surface area contributed by atoms with E-state index < -0.39 is 5.91 Å². The number of para-hydroxylation sites is 2. The minimum absolute atomic E-state index is 0.00307. The lowest BCUT2D eigenvalue weighted by atomic mass is 10.2. The van der Waals surface area contributed by atoms with Crippen LogP contribution in [-0.2, 0) is 0 Å². The van der Waals surface area contributed by atoms with Gasteiger partial charge in [-0.15, -0.1) is 0 Å². The second-order valence-corrected chi connectivity index (χ2v) is 3.41. The van der Waals surface area contributed by atoms with Crippen LogP contribution in [0.2, 0.25) is 0 Å². The lowest BCUT2D eigenvalue weighted by molar-refractivity contribution is 0.102. The van der Waals surface area contributed by atoms with Gasteiger partial charge in [-0.25, -0.2) is 4.98 Å². The monoisotopic (exact) mass is 229 g/mol. The Balaban J connectivity index is 2.24. The summed E-state index contributed by atoms with van der Waals surface area (Å²) in [5.41, 5.74) is 6.19. The standard InChI is InChI=1S/C12H11N3O2/c13-11-8(4-3-7-14-11)12(17)15-9-5-1-2-6-10(9)16/h1-7,16H,(H2,13,14)(H,15,17). The van der Waals surface area contributed by atoms with Crippen molar-refractivity contribution in [1.29, 1.82) is 0 Å². The first kappa shape index (κ1) is 10.9. The molecule has 4 N–H and O–H groups in total. The molecule has 0 bridgehead atoms. The summed E-state index contributed by atoms with van der Waals surface area (Å²) in [4.78, 5) is 15.7. The van der Waals surface area contributed by atoms with Crippen molar-refractivity contribution in [2.24, 2.45) is 0 Å². The Kier molecular flexibility index (Phi) is 2.91. The normalized spacial score (nSPS) is 9.88. The number of nitrogens with one attached hydrogen (secondary N) is 1. The molecule has 1 amide bonds. The Hall–Kier alpha value is -2.56. The minimum atomic E-state index is -0.405. The highest BCUT2D eigenvalue weighted by atomic mass is 16.3. The van der Waals surface area contributed by atoms with Crippen LogP contribution in [0.25, 0.3) is 0 Å². The number of nitrogens with two attached hydrogens (primary N) is 1. The first-order valence-electron chi connectivity index (χ1n) is 4.98. The van der Waals surface area contributed by atoms with Gasteiger partial charge in [0.05, 0.1) is 11.3 Å². The van der Waals surface area contributed by atoms with Gasteiger partial charge in [-0.05, 0) is 24.3 Å². The van der Waals surface area contributed by atoms with E-state index in [0.29, 0.717) is 5.69 Å². The predicted molar refractivity (Wildman–Crippen MR) is 64.7 cm³/mol. The van der Waals surface area contributed by atoms with E-state index in [-0.39, 0.29) is 17.1 Å². The molecule has 0 saturated heterocycles. The van der Waals surface area contributed by atoms with Crippen molar-refractivity contribution in [2.45, 2.75) is 0 Å². The molecule has 0 saturated carbocycles. The summed E-state index contributed by atoms with van der Waals surface area (Å²) >= 11 is 0. The number of phenols is 1. The van der Waals surface area contributed by atoms with Crippen LogP contribution in [-0.4, -0.2) is 16.0 Å². The summed E-state index contributed by atoms with van der Waals surface area (Å²) in [5.74, 6) is -0.249. The number of carbonyl (C=O) groups is 1. The Morgan fingerprint density at radius 3 is 2.71 bits per heavy atom. The highest BCUT2D eigenvalue weighted by Gasteiger charge is 2.11. The van der Waals surface area contributed by atoms with Crippen LogP contribution >= 0.6 is 0 Å². The van der Waals surface area contributed by atoms with Crippen molar-refractivity contribution >= 4 is 17.4 Å². The first-order valence-corrected chi connectivity index (χ1v) is 4.98. The fourth-order valence-corrected chi connectivity index (χ4v) is 1.38. The highest BCUT2D eigenvalue weighted by molar-refractivity contribution is 6.07. The van der Waals surface area contributed by atoms with Gasteiger partial charge in [0.1, 0.15) is 11.6 Å². The molecular weight excluding hydrogens is 218 g/mol. The number of hydrogen-bond acceptors (Lipinski definition) is 4. The van der Waals surface area contributed by atoms with E-state index in [1.807, 2.05) is 0 Å². The van der Waals surface area contributed by atoms with Gasteiger partial charge in [0.15, 0.2) is 0 Å². The number of phenolic OH excluding ortho intramolecular Hbond substituents is 1. The molecule has 2 aromatic rings. The maximum Gasteiger partial charge on any atom is 0.259 e. The number of hydrogen-bond donors (Lipinski definition) is 3. The van der Waals surface area contributed by atoms with Crippen molar-refractivity contribution in [2.75, 3.05) is 11.1 Å². The minimum Gasteiger partial charge on any atom is -0.506 e. The third kappa shape index (κ3) is 2.34. The first-order chi connectivity index (χ1) is 8.18. The molecule has 86 valence electrons. The largest absolute Gasteiger partial charge is 0.506 e. The molecule has 0 spiro atoms. The van der Waals surface area contributed by atoms with Crippen LogP contribution < -0.4 is 11.1 Å². The fourth-order valence-electron chi connectivity index (χ4n) is 1.38. The fraction of sp³-hybridized carbons (Fsp3) is 0. The Morgan fingerprint density at radius 2 is 2.00 bits per heavy atom. The van der Waals surface area contributed by atoms with Crippen LogP contribution in [0.1, 0.15) is 10.4 Å². The van der Waals surface area contributed by atoms with Gasteiger partial charge in [-0.2, -0.15) is 0 Å². The van der Waals surface area contributed by atoms with Gasteiger partial charge in [-0.1, -0.05) is 12.1 Å². The van der Waals surface area contributed by atoms with Gasteiger partial charge >= 0.3 is 0 Å². The topological polar surface area (TPSA) is 88.2 Å². The van der Waals surface area contributed by atoms with Gasteiger partial charge in [0.2, 0.25) is 0 Å². The molecule has 0 aliphatic heterocycles. The molecule has 0 fully saturated rings. The molecule has 1 aromatic carbocycles. The molecule has 1 aromatic heterocycles. The van der Waals surface area contributed by atoms with Crippen molar-refractivity contribution in [3.63, 3.8) is 0 Å². The number of rotatable bonds is 2. The highest BCUT2D eigenvalue weighted by Crippen LogP contribution is 2.22. The van der Waals surface area contributed by atoms with Gasteiger partial charge < -0.3 is 16.2 Å². The van der Waals surface area contributed by atoms with Crippen molar-refractivity contribution in [3.8, 4) is 5.75 Å². The van der Waals surface area contributed by atoms with Gasteiger partial charge in [0.25, 0.3) is 5.91 Å². The number of aromatic nitrogens is 1. The number of anilines is 2. The van der Waals surface area contributed by atoms with E-state index in [9.17, 15) is 9.90 Å². The third-order valence-electron chi connectivity index (χ3n) is 2.24. The molecule has 0 aliphatic rings. The van der Waals surface area contributed by atoms with Crippen molar-refractivity contribution in [3.05, 3.63) is 48.2 Å². The molecule has 0 unspecified atom stereocenters. The zero-order chi connectivity index (χ0) is 12.3. The predicted octanol–water partition coefficient (Wildman–Crippen LogP) is 1.62. The van der Waals surface area contributed by atoms with E-state index in [0.717, 1.165) is 0 Å². The number of benzene rings is 1. The van der Waals surface area contributed by atoms with Crippen LogP contribution in [0, 0.1) is 0 Å². The molecule has 0 aliphatic carbocycles. The lowest BCUT2D eigenvalue weighted by Gasteiger charge is -2.07. The second-order valence-electron chi connectivity index (χ2n) is 3.41. The third-order valence-corrected chi connectivity index (χ3v) is 2.24. The van der Waals surface area contributed by atoms with E-state index in [1.54, 1.807) is 30.3 Å². The molecule has 0 atom stereocenters. The quantitative estimate of drug-likeness (QED) is 0.683. The number of aromatic hydroxyl groups is 1. The zero-order valence-electron chi connectivity index (χ0n) is 8.92. The van der Waals surface area contributed by atoms with Gasteiger partial charge in [0, 0.05) is 6.20 Å². The second kappa shape index (κ2) is 4.52. The molecule has 0 radical (unpaired) electrons. The number of carbonyl (C=O) groups excluding carboxylic acids is 1. The molecule has 17 heavy (non-hydrogen) atoms. The average molecular weight is 229 g/mol.